The van der Waals surface area contributed by atoms with Gasteiger partial charge in [0.25, 0.3) is 0 Å². The number of aromatic nitrogens is 4. The largest absolute Gasteiger partial charge is 0.352 e. The summed E-state index contributed by atoms with van der Waals surface area (Å²) >= 11 is 1.35. The van der Waals surface area contributed by atoms with Gasteiger partial charge in [-0.2, -0.15) is 0 Å². The molecule has 2 atom stereocenters. The van der Waals surface area contributed by atoms with E-state index in [1.54, 1.807) is 0 Å². The number of carbonyl (C=O) groups is 1. The number of hydrogen-bond acceptors (Lipinski definition) is 5. The van der Waals surface area contributed by atoms with Gasteiger partial charge in [0.15, 0.2) is 5.65 Å². The molecular weight excluding hydrogens is 370 g/mol. The molecule has 6 nitrogen and oxygen atoms in total. The van der Waals surface area contributed by atoms with E-state index in [4.69, 9.17) is 0 Å². The van der Waals surface area contributed by atoms with Gasteiger partial charge in [-0.3, -0.25) is 4.79 Å². The quantitative estimate of drug-likeness (QED) is 0.662. The molecule has 2 aromatic heterocycles. The summed E-state index contributed by atoms with van der Waals surface area (Å²) in [5.74, 6) is 0.929. The van der Waals surface area contributed by atoms with Crippen LogP contribution < -0.4 is 5.32 Å². The Morgan fingerprint density at radius 3 is 2.89 bits per heavy atom. The normalized spacial score (nSPS) is 20.0. The van der Waals surface area contributed by atoms with E-state index in [-0.39, 0.29) is 5.91 Å². The third-order valence-corrected chi connectivity index (χ3v) is 6.68. The van der Waals surface area contributed by atoms with E-state index in [1.807, 2.05) is 11.6 Å². The third kappa shape index (κ3) is 3.72. The van der Waals surface area contributed by atoms with Crippen molar-refractivity contribution in [2.45, 2.75) is 57.1 Å². The lowest BCUT2D eigenvalue weighted by Crippen LogP contribution is -2.41. The Bertz CT molecular complexity index is 1010. The first kappa shape index (κ1) is 19.2. The Labute approximate surface area is 169 Å². The zero-order valence-electron chi connectivity index (χ0n) is 16.7. The highest BCUT2D eigenvalue weighted by Crippen LogP contribution is 2.27. The highest BCUT2D eigenvalue weighted by atomic mass is 32.2. The van der Waals surface area contributed by atoms with Crippen LogP contribution in [0.5, 0.6) is 0 Å². The number of hydrogen-bond donors (Lipinski definition) is 1. The number of amides is 1. The highest BCUT2D eigenvalue weighted by molar-refractivity contribution is 7.99. The molecule has 7 heteroatoms. The molecule has 1 N–H and O–H groups in total. The van der Waals surface area contributed by atoms with Crippen molar-refractivity contribution < 1.29 is 4.79 Å². The van der Waals surface area contributed by atoms with Gasteiger partial charge in [0.05, 0.1) is 11.3 Å². The lowest BCUT2D eigenvalue weighted by Gasteiger charge is -2.29. The molecular formula is C21H27N5OS. The van der Waals surface area contributed by atoms with Crippen LogP contribution in [0.1, 0.15) is 45.1 Å². The summed E-state index contributed by atoms with van der Waals surface area (Å²) in [7, 11) is 2.00. The van der Waals surface area contributed by atoms with Crippen LogP contribution in [-0.2, 0) is 18.3 Å². The second kappa shape index (κ2) is 8.07. The summed E-state index contributed by atoms with van der Waals surface area (Å²) in [6.07, 6.45) is 5.73. The van der Waals surface area contributed by atoms with Crippen molar-refractivity contribution in [1.29, 1.82) is 0 Å². The summed E-state index contributed by atoms with van der Waals surface area (Å²) in [6, 6.07) is 6.72. The Kier molecular flexibility index (Phi) is 5.53. The van der Waals surface area contributed by atoms with E-state index in [9.17, 15) is 4.79 Å². The summed E-state index contributed by atoms with van der Waals surface area (Å²) in [6.45, 7) is 4.37. The average molecular weight is 398 g/mol. The molecule has 1 amide bonds. The van der Waals surface area contributed by atoms with Crippen molar-refractivity contribution in [2.24, 2.45) is 13.0 Å². The molecule has 1 aromatic carbocycles. The molecule has 2 heterocycles. The van der Waals surface area contributed by atoms with Gasteiger partial charge in [-0.05, 0) is 42.9 Å². The van der Waals surface area contributed by atoms with Gasteiger partial charge in [0.1, 0.15) is 5.52 Å². The second-order valence-electron chi connectivity index (χ2n) is 7.76. The molecule has 1 saturated carbocycles. The van der Waals surface area contributed by atoms with E-state index in [1.165, 1.54) is 36.6 Å². The van der Waals surface area contributed by atoms with Crippen LogP contribution in [0.2, 0.25) is 0 Å². The maximum Gasteiger partial charge on any atom is 0.230 e. The first-order valence-electron chi connectivity index (χ1n) is 10.1. The smallest absolute Gasteiger partial charge is 0.230 e. The second-order valence-corrected chi connectivity index (χ2v) is 8.70. The standard InChI is InChI=1S/C21H27N5OS/c1-4-14-9-10-17-15(11-14)19-20(26(17)3)23-21(25-24-19)28-12-18(27)22-16-8-6-5-7-13(16)2/h9-11,13,16H,4-8,12H2,1-3H3,(H,22,27)/t13-,16+/m0/s1. The van der Waals surface area contributed by atoms with E-state index >= 15 is 0 Å². The monoisotopic (exact) mass is 397 g/mol. The van der Waals surface area contributed by atoms with Gasteiger partial charge in [0, 0.05) is 18.5 Å². The number of thioether (sulfide) groups is 1. The van der Waals surface area contributed by atoms with Gasteiger partial charge in [-0.1, -0.05) is 44.5 Å². The van der Waals surface area contributed by atoms with Gasteiger partial charge >= 0.3 is 0 Å². The summed E-state index contributed by atoms with van der Waals surface area (Å²) in [5.41, 5.74) is 3.99. The number of nitrogens with zero attached hydrogens (tertiary/aromatic N) is 4. The van der Waals surface area contributed by atoms with E-state index in [2.05, 4.69) is 52.5 Å². The first-order valence-corrected chi connectivity index (χ1v) is 11.1. The van der Waals surface area contributed by atoms with Crippen LogP contribution in [0.25, 0.3) is 22.1 Å². The molecule has 1 aliphatic rings. The summed E-state index contributed by atoms with van der Waals surface area (Å²) in [4.78, 5) is 17.0. The van der Waals surface area contributed by atoms with Gasteiger partial charge in [-0.25, -0.2) is 4.98 Å². The zero-order valence-corrected chi connectivity index (χ0v) is 17.6. The van der Waals surface area contributed by atoms with Crippen LogP contribution >= 0.6 is 11.8 Å². The van der Waals surface area contributed by atoms with E-state index in [0.29, 0.717) is 22.9 Å². The van der Waals surface area contributed by atoms with Crippen molar-refractivity contribution in [1.82, 2.24) is 25.1 Å². The SMILES string of the molecule is CCc1ccc2c(c1)c1nnc(SCC(=O)N[C@@H]3CCCC[C@@H]3C)nc1n2C. The number of aryl methyl sites for hydroxylation is 2. The van der Waals surface area contributed by atoms with Crippen molar-refractivity contribution in [3.05, 3.63) is 23.8 Å². The number of rotatable bonds is 5. The van der Waals surface area contributed by atoms with Crippen LogP contribution in [0.4, 0.5) is 0 Å². The van der Waals surface area contributed by atoms with Crippen molar-refractivity contribution in [3.8, 4) is 0 Å². The summed E-state index contributed by atoms with van der Waals surface area (Å²) < 4.78 is 2.05. The molecule has 3 aromatic rings. The first-order chi connectivity index (χ1) is 13.6. The minimum Gasteiger partial charge on any atom is -0.352 e. The maximum atomic E-state index is 12.4. The average Bonchev–Trinajstić information content (AvgIpc) is 2.99. The van der Waals surface area contributed by atoms with Crippen LogP contribution in [0, 0.1) is 5.92 Å². The van der Waals surface area contributed by atoms with Crippen LogP contribution in [0.15, 0.2) is 23.4 Å². The summed E-state index contributed by atoms with van der Waals surface area (Å²) in [5, 5.41) is 13.5. The molecule has 0 spiro atoms. The molecule has 0 aliphatic heterocycles. The molecule has 148 valence electrons. The molecule has 1 aliphatic carbocycles. The van der Waals surface area contributed by atoms with Crippen LogP contribution in [0.3, 0.4) is 0 Å². The fraction of sp³-hybridized carbons (Fsp3) is 0.524. The van der Waals surface area contributed by atoms with E-state index in [0.717, 1.165) is 34.9 Å². The third-order valence-electron chi connectivity index (χ3n) is 5.84. The van der Waals surface area contributed by atoms with Gasteiger partial charge in [0.2, 0.25) is 11.1 Å². The lowest BCUT2D eigenvalue weighted by atomic mass is 9.86. The van der Waals surface area contributed by atoms with Gasteiger partial charge < -0.3 is 9.88 Å². The fourth-order valence-electron chi connectivity index (χ4n) is 4.08. The lowest BCUT2D eigenvalue weighted by molar-refractivity contribution is -0.119. The minimum absolute atomic E-state index is 0.0528. The number of carbonyl (C=O) groups excluding carboxylic acids is 1. The topological polar surface area (TPSA) is 72.7 Å². The molecule has 1 fully saturated rings. The predicted molar refractivity (Wildman–Crippen MR) is 113 cm³/mol. The van der Waals surface area contributed by atoms with Gasteiger partial charge in [-0.15, -0.1) is 10.2 Å². The Morgan fingerprint density at radius 1 is 1.29 bits per heavy atom. The Morgan fingerprint density at radius 2 is 2.11 bits per heavy atom. The van der Waals surface area contributed by atoms with Crippen LogP contribution in [-0.4, -0.2) is 37.5 Å². The van der Waals surface area contributed by atoms with Crippen molar-refractivity contribution >= 4 is 39.7 Å². The number of nitrogens with one attached hydrogen (secondary N) is 1. The van der Waals surface area contributed by atoms with Crippen molar-refractivity contribution in [2.75, 3.05) is 5.75 Å². The minimum atomic E-state index is 0.0528. The predicted octanol–water partition coefficient (Wildman–Crippen LogP) is 3.87. The molecule has 4 rings (SSSR count). The fourth-order valence-corrected chi connectivity index (χ4v) is 4.67. The Hall–Kier alpha value is -2.15. The molecule has 0 radical (unpaired) electrons. The Balaban J connectivity index is 1.49. The highest BCUT2D eigenvalue weighted by Gasteiger charge is 2.23. The van der Waals surface area contributed by atoms with Crippen molar-refractivity contribution in [3.63, 3.8) is 0 Å². The van der Waals surface area contributed by atoms with E-state index < -0.39 is 0 Å². The number of fused-ring (bicyclic) bond motifs is 3. The maximum absolute atomic E-state index is 12.4. The zero-order chi connectivity index (χ0) is 19.7. The molecule has 0 unspecified atom stereocenters. The molecule has 28 heavy (non-hydrogen) atoms. The molecule has 0 saturated heterocycles. The number of benzene rings is 1. The molecule has 0 bridgehead atoms.